The van der Waals surface area contributed by atoms with E-state index < -0.39 is 0 Å². The van der Waals surface area contributed by atoms with Gasteiger partial charge in [-0.05, 0) is 17.7 Å². The highest BCUT2D eigenvalue weighted by Crippen LogP contribution is 2.29. The van der Waals surface area contributed by atoms with E-state index in [9.17, 15) is 4.79 Å². The number of hydrogen-bond donors (Lipinski definition) is 0. The predicted octanol–water partition coefficient (Wildman–Crippen LogP) is 2.26. The van der Waals surface area contributed by atoms with Crippen molar-refractivity contribution < 1.29 is 4.79 Å². The molecular formula is C22H23N7O. The summed E-state index contributed by atoms with van der Waals surface area (Å²) < 4.78 is 5.78. The van der Waals surface area contributed by atoms with E-state index >= 15 is 0 Å². The largest absolute Gasteiger partial charge is 0.347 e. The summed E-state index contributed by atoms with van der Waals surface area (Å²) in [7, 11) is 3.85. The minimum Gasteiger partial charge on any atom is -0.347 e. The van der Waals surface area contributed by atoms with Crippen LogP contribution in [0.2, 0.25) is 0 Å². The molecule has 1 aromatic carbocycles. The van der Waals surface area contributed by atoms with Crippen molar-refractivity contribution in [3.63, 3.8) is 0 Å². The van der Waals surface area contributed by atoms with Crippen LogP contribution in [0.1, 0.15) is 27.3 Å². The summed E-state index contributed by atoms with van der Waals surface area (Å²) in [5.74, 6) is 0.762. The molecule has 0 bridgehead atoms. The lowest BCUT2D eigenvalue weighted by molar-refractivity contribution is 0.0724. The van der Waals surface area contributed by atoms with E-state index in [1.54, 1.807) is 6.33 Å². The fourth-order valence-corrected chi connectivity index (χ4v) is 4.12. The van der Waals surface area contributed by atoms with Crippen LogP contribution in [-0.2, 0) is 33.6 Å². The molecule has 30 heavy (non-hydrogen) atoms. The topological polar surface area (TPSA) is 73.8 Å². The molecule has 8 heteroatoms. The number of nitrogens with zero attached hydrogens (tertiary/aromatic N) is 7. The van der Waals surface area contributed by atoms with Crippen LogP contribution >= 0.6 is 0 Å². The number of amides is 1. The Balaban J connectivity index is 1.48. The summed E-state index contributed by atoms with van der Waals surface area (Å²) in [4.78, 5) is 14.9. The van der Waals surface area contributed by atoms with Gasteiger partial charge in [0.05, 0.1) is 13.1 Å². The lowest BCUT2D eigenvalue weighted by Gasteiger charge is -2.27. The second-order valence-corrected chi connectivity index (χ2v) is 7.65. The molecule has 8 nitrogen and oxygen atoms in total. The molecule has 0 saturated carbocycles. The fourth-order valence-electron chi connectivity index (χ4n) is 4.12. The van der Waals surface area contributed by atoms with Crippen molar-refractivity contribution in [2.45, 2.75) is 19.5 Å². The first-order valence-electron chi connectivity index (χ1n) is 9.99. The molecule has 5 rings (SSSR count). The highest BCUT2D eigenvalue weighted by molar-refractivity contribution is 5.93. The smallest absolute Gasteiger partial charge is 0.270 e. The summed E-state index contributed by atoms with van der Waals surface area (Å²) in [6, 6.07) is 14.0. The third-order valence-electron chi connectivity index (χ3n) is 5.72. The Morgan fingerprint density at radius 3 is 2.70 bits per heavy atom. The van der Waals surface area contributed by atoms with Crippen molar-refractivity contribution in [2.24, 2.45) is 14.1 Å². The Bertz CT molecular complexity index is 1200. The molecule has 0 unspecified atom stereocenters. The number of rotatable bonds is 4. The zero-order valence-electron chi connectivity index (χ0n) is 17.1. The maximum absolute atomic E-state index is 13.0. The third-order valence-corrected chi connectivity index (χ3v) is 5.72. The van der Waals surface area contributed by atoms with E-state index in [1.807, 2.05) is 69.3 Å². The number of aryl methyl sites for hydroxylation is 2. The standard InChI is InChI=1S/C22H23N7O/c1-26-11-6-9-19(26)22(30)28-12-10-18-17(14-28)20(25-27(18)2)21-24-23-15-29(21)13-16-7-4-3-5-8-16/h3-9,11,15H,10,12-14H2,1-2H3. The molecule has 152 valence electrons. The van der Waals surface area contributed by atoms with Crippen molar-refractivity contribution in [2.75, 3.05) is 6.54 Å². The van der Waals surface area contributed by atoms with E-state index in [-0.39, 0.29) is 5.91 Å². The van der Waals surface area contributed by atoms with Gasteiger partial charge >= 0.3 is 0 Å². The third kappa shape index (κ3) is 3.10. The molecule has 0 aliphatic carbocycles. The van der Waals surface area contributed by atoms with Crippen LogP contribution < -0.4 is 0 Å². The van der Waals surface area contributed by atoms with E-state index in [0.717, 1.165) is 29.2 Å². The fraction of sp³-hybridized carbons (Fsp3) is 0.273. The van der Waals surface area contributed by atoms with E-state index in [4.69, 9.17) is 5.10 Å². The Morgan fingerprint density at radius 1 is 1.10 bits per heavy atom. The zero-order valence-corrected chi connectivity index (χ0v) is 17.1. The molecule has 4 heterocycles. The Kier molecular flexibility index (Phi) is 4.46. The predicted molar refractivity (Wildman–Crippen MR) is 112 cm³/mol. The van der Waals surface area contributed by atoms with Crippen LogP contribution in [-0.4, -0.2) is 46.5 Å². The van der Waals surface area contributed by atoms with Gasteiger partial charge in [0.15, 0.2) is 5.82 Å². The van der Waals surface area contributed by atoms with Crippen molar-refractivity contribution in [3.05, 3.63) is 77.5 Å². The highest BCUT2D eigenvalue weighted by atomic mass is 16.2. The van der Waals surface area contributed by atoms with Gasteiger partial charge in [-0.3, -0.25) is 9.48 Å². The Labute approximate surface area is 174 Å². The van der Waals surface area contributed by atoms with Gasteiger partial charge in [0.2, 0.25) is 0 Å². The SMILES string of the molecule is Cn1cccc1C(=O)N1CCc2c(c(-c3nncn3Cc3ccccc3)nn2C)C1. The number of carbonyl (C=O) groups excluding carboxylic acids is 1. The zero-order chi connectivity index (χ0) is 20.7. The molecule has 0 N–H and O–H groups in total. The van der Waals surface area contributed by atoms with Crippen LogP contribution in [0.5, 0.6) is 0 Å². The summed E-state index contributed by atoms with van der Waals surface area (Å²) in [6.45, 7) is 1.86. The van der Waals surface area contributed by atoms with Crippen LogP contribution in [0.4, 0.5) is 0 Å². The summed E-state index contributed by atoms with van der Waals surface area (Å²) in [6.07, 6.45) is 4.39. The Hall–Kier alpha value is -3.68. The van der Waals surface area contributed by atoms with Gasteiger partial charge in [-0.2, -0.15) is 5.10 Å². The van der Waals surface area contributed by atoms with Gasteiger partial charge in [0.1, 0.15) is 17.7 Å². The second kappa shape index (κ2) is 7.29. The molecule has 0 radical (unpaired) electrons. The van der Waals surface area contributed by atoms with Crippen LogP contribution in [0.3, 0.4) is 0 Å². The molecule has 1 amide bonds. The van der Waals surface area contributed by atoms with Gasteiger partial charge in [-0.25, -0.2) is 0 Å². The Morgan fingerprint density at radius 2 is 1.93 bits per heavy atom. The lowest BCUT2D eigenvalue weighted by atomic mass is 10.0. The summed E-state index contributed by atoms with van der Waals surface area (Å²) >= 11 is 0. The van der Waals surface area contributed by atoms with Gasteiger partial charge in [0.25, 0.3) is 5.91 Å². The first kappa shape index (κ1) is 18.4. The monoisotopic (exact) mass is 401 g/mol. The molecule has 0 fully saturated rings. The van der Waals surface area contributed by atoms with Gasteiger partial charge in [-0.1, -0.05) is 30.3 Å². The van der Waals surface area contributed by atoms with Crippen molar-refractivity contribution >= 4 is 5.91 Å². The molecular weight excluding hydrogens is 378 g/mol. The number of hydrogen-bond acceptors (Lipinski definition) is 4. The normalized spacial score (nSPS) is 13.5. The van der Waals surface area contributed by atoms with Crippen LogP contribution in [0.15, 0.2) is 55.0 Å². The van der Waals surface area contributed by atoms with E-state index in [2.05, 4.69) is 22.3 Å². The summed E-state index contributed by atoms with van der Waals surface area (Å²) in [5, 5.41) is 13.3. The maximum atomic E-state index is 13.0. The molecule has 0 saturated heterocycles. The van der Waals surface area contributed by atoms with Gasteiger partial charge in [0, 0.05) is 44.5 Å². The molecule has 4 aromatic rings. The lowest BCUT2D eigenvalue weighted by Crippen LogP contribution is -2.37. The second-order valence-electron chi connectivity index (χ2n) is 7.65. The van der Waals surface area contributed by atoms with Crippen LogP contribution in [0, 0.1) is 0 Å². The minimum absolute atomic E-state index is 0.0358. The molecule has 0 atom stereocenters. The van der Waals surface area contributed by atoms with Crippen molar-refractivity contribution in [1.29, 1.82) is 0 Å². The molecule has 1 aliphatic heterocycles. The first-order valence-corrected chi connectivity index (χ1v) is 9.99. The van der Waals surface area contributed by atoms with E-state index in [1.165, 1.54) is 5.56 Å². The van der Waals surface area contributed by atoms with Gasteiger partial charge < -0.3 is 14.0 Å². The van der Waals surface area contributed by atoms with E-state index in [0.29, 0.717) is 25.3 Å². The number of fused-ring (bicyclic) bond motifs is 1. The molecule has 0 spiro atoms. The van der Waals surface area contributed by atoms with Gasteiger partial charge in [-0.15, -0.1) is 10.2 Å². The van der Waals surface area contributed by atoms with Crippen molar-refractivity contribution in [1.82, 2.24) is 34.0 Å². The number of aromatic nitrogens is 6. The van der Waals surface area contributed by atoms with Crippen LogP contribution in [0.25, 0.3) is 11.5 Å². The highest BCUT2D eigenvalue weighted by Gasteiger charge is 2.30. The summed E-state index contributed by atoms with van der Waals surface area (Å²) in [5.41, 5.74) is 4.86. The number of benzene rings is 1. The average molecular weight is 401 g/mol. The molecule has 3 aromatic heterocycles. The maximum Gasteiger partial charge on any atom is 0.270 e. The number of carbonyl (C=O) groups is 1. The first-order chi connectivity index (χ1) is 14.6. The quantitative estimate of drug-likeness (QED) is 0.526. The average Bonchev–Trinajstić information content (AvgIpc) is 3.47. The molecule has 1 aliphatic rings. The minimum atomic E-state index is 0.0358. The van der Waals surface area contributed by atoms with Crippen molar-refractivity contribution in [3.8, 4) is 11.5 Å².